The second-order valence-corrected chi connectivity index (χ2v) is 6.76. The molecule has 0 aliphatic carbocycles. The summed E-state index contributed by atoms with van der Waals surface area (Å²) in [6.45, 7) is 0.592. The van der Waals surface area contributed by atoms with Crippen LogP contribution < -0.4 is 10.1 Å². The summed E-state index contributed by atoms with van der Waals surface area (Å²) in [6.07, 6.45) is 0. The summed E-state index contributed by atoms with van der Waals surface area (Å²) in [5, 5.41) is 3.26. The number of hydrogen-bond acceptors (Lipinski definition) is 4. The summed E-state index contributed by atoms with van der Waals surface area (Å²) in [7, 11) is 3.31. The van der Waals surface area contributed by atoms with E-state index < -0.39 is 5.82 Å². The third-order valence-electron chi connectivity index (χ3n) is 3.87. The molecule has 0 saturated carbocycles. The fourth-order valence-electron chi connectivity index (χ4n) is 2.40. The number of nitrogens with zero attached hydrogens (tertiary/aromatic N) is 2. The number of carbonyl (C=O) groups excluding carboxylic acids is 2. The number of likely N-dealkylation sites (N-methyl/N-ethyl adjacent to an activating group) is 2. The van der Waals surface area contributed by atoms with Crippen molar-refractivity contribution in [2.45, 2.75) is 0 Å². The molecule has 8 heteroatoms. The zero-order chi connectivity index (χ0) is 20.5. The van der Waals surface area contributed by atoms with Gasteiger partial charge in [0.15, 0.2) is 11.6 Å². The zero-order valence-electron chi connectivity index (χ0n) is 15.8. The Labute approximate surface area is 168 Å². The van der Waals surface area contributed by atoms with Crippen molar-refractivity contribution in [1.82, 2.24) is 9.80 Å². The predicted molar refractivity (Wildman–Crippen MR) is 107 cm³/mol. The molecule has 0 aromatic heterocycles. The van der Waals surface area contributed by atoms with Crippen LogP contribution in [0.3, 0.4) is 0 Å². The van der Waals surface area contributed by atoms with Crippen LogP contribution in [-0.4, -0.2) is 62.0 Å². The lowest BCUT2D eigenvalue weighted by molar-refractivity contribution is -0.131. The molecular weight excluding hydrogens is 385 g/mol. The summed E-state index contributed by atoms with van der Waals surface area (Å²) in [4.78, 5) is 27.4. The van der Waals surface area contributed by atoms with Gasteiger partial charge in [-0.1, -0.05) is 29.8 Å². The van der Waals surface area contributed by atoms with Gasteiger partial charge in [0, 0.05) is 17.8 Å². The van der Waals surface area contributed by atoms with E-state index >= 15 is 0 Å². The summed E-state index contributed by atoms with van der Waals surface area (Å²) in [5.74, 6) is -0.710. The van der Waals surface area contributed by atoms with E-state index in [4.69, 9.17) is 16.3 Å². The van der Waals surface area contributed by atoms with Gasteiger partial charge in [-0.05, 0) is 37.4 Å². The predicted octanol–water partition coefficient (Wildman–Crippen LogP) is 2.89. The van der Waals surface area contributed by atoms with E-state index in [-0.39, 0.29) is 37.3 Å². The number of benzene rings is 2. The quantitative estimate of drug-likeness (QED) is 0.694. The van der Waals surface area contributed by atoms with Gasteiger partial charge in [0.2, 0.25) is 11.8 Å². The van der Waals surface area contributed by atoms with Crippen molar-refractivity contribution < 1.29 is 18.7 Å². The Bertz CT molecular complexity index is 819. The Morgan fingerprint density at radius 2 is 1.86 bits per heavy atom. The molecule has 0 aliphatic rings. The molecule has 2 aromatic carbocycles. The first-order chi connectivity index (χ1) is 13.3. The number of anilines is 1. The maximum atomic E-state index is 13.5. The molecule has 6 nitrogen and oxygen atoms in total. The van der Waals surface area contributed by atoms with E-state index in [1.54, 1.807) is 55.4 Å². The zero-order valence-corrected chi connectivity index (χ0v) is 16.6. The first kappa shape index (κ1) is 21.7. The van der Waals surface area contributed by atoms with Gasteiger partial charge in [-0.2, -0.15) is 0 Å². The molecule has 0 fully saturated rings. The van der Waals surface area contributed by atoms with Crippen molar-refractivity contribution in [2.75, 3.05) is 45.7 Å². The third-order valence-corrected chi connectivity index (χ3v) is 4.11. The van der Waals surface area contributed by atoms with Gasteiger partial charge in [0.1, 0.15) is 6.61 Å². The van der Waals surface area contributed by atoms with Gasteiger partial charge in [0.05, 0.1) is 19.6 Å². The highest BCUT2D eigenvalue weighted by Gasteiger charge is 2.14. The molecule has 0 aliphatic heterocycles. The monoisotopic (exact) mass is 407 g/mol. The number of rotatable bonds is 9. The molecule has 2 rings (SSSR count). The van der Waals surface area contributed by atoms with E-state index in [1.165, 1.54) is 17.0 Å². The number of ether oxygens (including phenoxy) is 1. The lowest BCUT2D eigenvalue weighted by Gasteiger charge is -2.21. The van der Waals surface area contributed by atoms with Crippen LogP contribution in [0.4, 0.5) is 10.1 Å². The minimum absolute atomic E-state index is 0.0534. The Morgan fingerprint density at radius 3 is 2.57 bits per heavy atom. The van der Waals surface area contributed by atoms with Crippen LogP contribution in [0, 0.1) is 5.82 Å². The molecule has 1 N–H and O–H groups in total. The fraction of sp³-hybridized carbons (Fsp3) is 0.300. The second-order valence-electron chi connectivity index (χ2n) is 6.32. The molecule has 0 radical (unpaired) electrons. The highest BCUT2D eigenvalue weighted by molar-refractivity contribution is 6.30. The molecule has 150 valence electrons. The third kappa shape index (κ3) is 7.17. The molecule has 2 aromatic rings. The average molecular weight is 408 g/mol. The molecule has 0 bridgehead atoms. The molecule has 2 amide bonds. The number of hydrogen-bond donors (Lipinski definition) is 1. The van der Waals surface area contributed by atoms with E-state index in [2.05, 4.69) is 5.32 Å². The van der Waals surface area contributed by atoms with E-state index in [1.807, 2.05) is 0 Å². The minimum atomic E-state index is -0.443. The Hall–Kier alpha value is -2.64. The van der Waals surface area contributed by atoms with Crippen LogP contribution in [-0.2, 0) is 9.59 Å². The van der Waals surface area contributed by atoms with Gasteiger partial charge in [0.25, 0.3) is 0 Å². The number of nitrogens with one attached hydrogen (secondary N) is 1. The highest BCUT2D eigenvalue weighted by Crippen LogP contribution is 2.15. The number of amides is 2. The lowest BCUT2D eigenvalue weighted by Crippen LogP contribution is -2.41. The smallest absolute Gasteiger partial charge is 0.238 e. The topological polar surface area (TPSA) is 61.9 Å². The SMILES string of the molecule is CN(CC(=O)Nc1cccc(Cl)c1)CC(=O)N(C)CCOc1ccccc1F. The van der Waals surface area contributed by atoms with Crippen molar-refractivity contribution in [3.8, 4) is 5.75 Å². The molecule has 0 atom stereocenters. The number of para-hydroxylation sites is 1. The van der Waals surface area contributed by atoms with Gasteiger partial charge >= 0.3 is 0 Å². The van der Waals surface area contributed by atoms with Crippen molar-refractivity contribution in [1.29, 1.82) is 0 Å². The van der Waals surface area contributed by atoms with Crippen LogP contribution in [0.5, 0.6) is 5.75 Å². The van der Waals surface area contributed by atoms with E-state index in [0.717, 1.165) is 0 Å². The lowest BCUT2D eigenvalue weighted by atomic mass is 10.3. The molecule has 28 heavy (non-hydrogen) atoms. The van der Waals surface area contributed by atoms with Crippen LogP contribution in [0.15, 0.2) is 48.5 Å². The standard InChI is InChI=1S/C20H23ClFN3O3/c1-24(13-19(26)23-16-7-5-6-15(21)12-16)14-20(27)25(2)10-11-28-18-9-4-3-8-17(18)22/h3-9,12H,10-11,13-14H2,1-2H3,(H,23,26). The van der Waals surface area contributed by atoms with Crippen LogP contribution >= 0.6 is 11.6 Å². The van der Waals surface area contributed by atoms with Crippen LogP contribution in [0.25, 0.3) is 0 Å². The summed E-state index contributed by atoms with van der Waals surface area (Å²) in [6, 6.07) is 12.9. The molecule has 0 heterocycles. The summed E-state index contributed by atoms with van der Waals surface area (Å²) in [5.41, 5.74) is 0.597. The normalized spacial score (nSPS) is 10.6. The average Bonchev–Trinajstić information content (AvgIpc) is 2.62. The maximum Gasteiger partial charge on any atom is 0.238 e. The minimum Gasteiger partial charge on any atom is -0.489 e. The van der Waals surface area contributed by atoms with Crippen molar-refractivity contribution >= 4 is 29.1 Å². The largest absolute Gasteiger partial charge is 0.489 e. The first-order valence-corrected chi connectivity index (χ1v) is 9.08. The Kier molecular flexibility index (Phi) is 8.22. The Balaban J connectivity index is 1.71. The van der Waals surface area contributed by atoms with Gasteiger partial charge in [-0.3, -0.25) is 14.5 Å². The summed E-state index contributed by atoms with van der Waals surface area (Å²) >= 11 is 5.88. The van der Waals surface area contributed by atoms with E-state index in [0.29, 0.717) is 17.3 Å². The fourth-order valence-corrected chi connectivity index (χ4v) is 2.59. The summed E-state index contributed by atoms with van der Waals surface area (Å²) < 4.78 is 18.8. The van der Waals surface area contributed by atoms with Gasteiger partial charge in [-0.15, -0.1) is 0 Å². The second kappa shape index (κ2) is 10.6. The van der Waals surface area contributed by atoms with Crippen molar-refractivity contribution in [3.63, 3.8) is 0 Å². The van der Waals surface area contributed by atoms with Crippen LogP contribution in [0.1, 0.15) is 0 Å². The molecule has 0 saturated heterocycles. The van der Waals surface area contributed by atoms with Crippen molar-refractivity contribution in [3.05, 3.63) is 59.4 Å². The molecule has 0 unspecified atom stereocenters. The highest BCUT2D eigenvalue weighted by atomic mass is 35.5. The number of carbonyl (C=O) groups is 2. The van der Waals surface area contributed by atoms with Gasteiger partial charge < -0.3 is 15.0 Å². The maximum absolute atomic E-state index is 13.5. The Morgan fingerprint density at radius 1 is 1.11 bits per heavy atom. The molecule has 0 spiro atoms. The molecular formula is C20H23ClFN3O3. The van der Waals surface area contributed by atoms with E-state index in [9.17, 15) is 14.0 Å². The van der Waals surface area contributed by atoms with Crippen molar-refractivity contribution in [2.24, 2.45) is 0 Å². The van der Waals surface area contributed by atoms with Crippen LogP contribution in [0.2, 0.25) is 5.02 Å². The first-order valence-electron chi connectivity index (χ1n) is 8.70. The number of halogens is 2. The van der Waals surface area contributed by atoms with Gasteiger partial charge in [-0.25, -0.2) is 4.39 Å².